The monoisotopic (exact) mass is 323 g/mol. The van der Waals surface area contributed by atoms with Gasteiger partial charge >= 0.3 is 6.18 Å². The first-order valence-corrected chi connectivity index (χ1v) is 7.23. The predicted molar refractivity (Wildman–Crippen MR) is 79.7 cm³/mol. The number of carbonyl (C=O) groups excluding carboxylic acids is 1. The molecule has 1 N–H and O–H groups in total. The molecule has 3 nitrogen and oxygen atoms in total. The first-order valence-electron chi connectivity index (χ1n) is 7.23. The van der Waals surface area contributed by atoms with Crippen LogP contribution >= 0.6 is 0 Å². The van der Waals surface area contributed by atoms with Crippen LogP contribution in [0.4, 0.5) is 13.2 Å². The Morgan fingerprint density at radius 1 is 1.09 bits per heavy atom. The maximum Gasteiger partial charge on any atom is 0.405 e. The fraction of sp³-hybridized carbons (Fsp3) is 0.294. The van der Waals surface area contributed by atoms with Crippen LogP contribution in [0.2, 0.25) is 0 Å². The average molecular weight is 323 g/mol. The highest BCUT2D eigenvalue weighted by Crippen LogP contribution is 2.12. The SMILES string of the molecule is C[C@@H](C(=O)NCC(F)(F)F)[n+]1ccc(Cc2ccccc2)cc1. The Labute approximate surface area is 132 Å². The van der Waals surface area contributed by atoms with Crippen molar-refractivity contribution in [1.29, 1.82) is 0 Å². The molecule has 1 amide bonds. The van der Waals surface area contributed by atoms with Gasteiger partial charge in [0.25, 0.3) is 5.91 Å². The molecule has 0 aliphatic heterocycles. The van der Waals surface area contributed by atoms with Crippen LogP contribution in [0.25, 0.3) is 0 Å². The molecule has 0 unspecified atom stereocenters. The third kappa shape index (κ3) is 5.39. The van der Waals surface area contributed by atoms with Crippen molar-refractivity contribution in [3.63, 3.8) is 0 Å². The Bertz CT molecular complexity index is 639. The number of nitrogens with one attached hydrogen (secondary N) is 1. The molecule has 6 heteroatoms. The molecule has 0 spiro atoms. The van der Waals surface area contributed by atoms with Crippen LogP contribution in [0.1, 0.15) is 24.1 Å². The van der Waals surface area contributed by atoms with E-state index in [1.165, 1.54) is 5.56 Å². The molecule has 2 aromatic rings. The summed E-state index contributed by atoms with van der Waals surface area (Å²) in [6.07, 6.45) is -0.234. The van der Waals surface area contributed by atoms with Gasteiger partial charge in [-0.05, 0) is 17.5 Å². The Balaban J connectivity index is 1.97. The highest BCUT2D eigenvalue weighted by molar-refractivity contribution is 5.78. The zero-order valence-corrected chi connectivity index (χ0v) is 12.7. The second-order valence-electron chi connectivity index (χ2n) is 5.32. The molecule has 0 saturated heterocycles. The first-order chi connectivity index (χ1) is 10.8. The van der Waals surface area contributed by atoms with Gasteiger partial charge < -0.3 is 5.32 Å². The summed E-state index contributed by atoms with van der Waals surface area (Å²) in [5.41, 5.74) is 2.23. The number of hydrogen-bond acceptors (Lipinski definition) is 1. The minimum absolute atomic E-state index is 0.664. The summed E-state index contributed by atoms with van der Waals surface area (Å²) in [4.78, 5) is 11.7. The van der Waals surface area contributed by atoms with Crippen molar-refractivity contribution in [2.45, 2.75) is 25.6 Å². The van der Waals surface area contributed by atoms with Crippen LogP contribution in [0.3, 0.4) is 0 Å². The molecule has 1 aromatic carbocycles. The van der Waals surface area contributed by atoms with Gasteiger partial charge in [-0.2, -0.15) is 17.7 Å². The second-order valence-corrected chi connectivity index (χ2v) is 5.32. The molecular formula is C17H18F3N2O+. The van der Waals surface area contributed by atoms with E-state index in [9.17, 15) is 18.0 Å². The van der Waals surface area contributed by atoms with E-state index < -0.39 is 24.7 Å². The average Bonchev–Trinajstić information content (AvgIpc) is 2.53. The number of amides is 1. The van der Waals surface area contributed by atoms with E-state index in [2.05, 4.69) is 0 Å². The van der Waals surface area contributed by atoms with Crippen LogP contribution in [0.5, 0.6) is 0 Å². The Morgan fingerprint density at radius 3 is 2.22 bits per heavy atom. The standard InChI is InChI=1S/C17H17F3N2O/c1-13(16(23)21-12-17(18,19)20)22-9-7-15(8-10-22)11-14-5-3-2-4-6-14/h2-10,13H,11-12H2,1H3/p+1/t13-/m0/s1. The summed E-state index contributed by atoms with van der Waals surface area (Å²) in [5, 5.41) is 1.89. The lowest BCUT2D eigenvalue weighted by atomic mass is 10.1. The fourth-order valence-corrected chi connectivity index (χ4v) is 2.15. The maximum atomic E-state index is 12.1. The second kappa shape index (κ2) is 7.26. The predicted octanol–water partition coefficient (Wildman–Crippen LogP) is 2.80. The number of nitrogens with zero attached hydrogens (tertiary/aromatic N) is 1. The number of halogens is 3. The van der Waals surface area contributed by atoms with E-state index >= 15 is 0 Å². The summed E-state index contributed by atoms with van der Waals surface area (Å²) in [5.74, 6) is -0.664. The summed E-state index contributed by atoms with van der Waals surface area (Å²) in [6.45, 7) is 0.241. The summed E-state index contributed by atoms with van der Waals surface area (Å²) >= 11 is 0. The molecule has 0 bridgehead atoms. The zero-order valence-electron chi connectivity index (χ0n) is 12.7. The molecule has 1 atom stereocenters. The van der Waals surface area contributed by atoms with Crippen LogP contribution in [0.15, 0.2) is 54.9 Å². The van der Waals surface area contributed by atoms with Crippen molar-refractivity contribution in [2.75, 3.05) is 6.54 Å². The van der Waals surface area contributed by atoms with E-state index in [1.54, 1.807) is 23.9 Å². The van der Waals surface area contributed by atoms with Gasteiger partial charge in [0.15, 0.2) is 12.4 Å². The van der Waals surface area contributed by atoms with Crippen LogP contribution in [0, 0.1) is 0 Å². The van der Waals surface area contributed by atoms with E-state index in [1.807, 2.05) is 47.8 Å². The number of alkyl halides is 3. The van der Waals surface area contributed by atoms with Gasteiger partial charge in [0.2, 0.25) is 6.04 Å². The van der Waals surface area contributed by atoms with Crippen LogP contribution in [-0.2, 0) is 11.2 Å². The van der Waals surface area contributed by atoms with Gasteiger partial charge in [0, 0.05) is 19.1 Å². The van der Waals surface area contributed by atoms with Gasteiger partial charge in [-0.3, -0.25) is 4.79 Å². The van der Waals surface area contributed by atoms with Gasteiger partial charge in [0.1, 0.15) is 6.54 Å². The number of pyridine rings is 1. The number of benzene rings is 1. The summed E-state index contributed by atoms with van der Waals surface area (Å²) in [7, 11) is 0. The van der Waals surface area contributed by atoms with Crippen molar-refractivity contribution < 1.29 is 22.5 Å². The highest BCUT2D eigenvalue weighted by atomic mass is 19.4. The molecule has 0 fully saturated rings. The third-order valence-electron chi connectivity index (χ3n) is 3.46. The van der Waals surface area contributed by atoms with Gasteiger partial charge in [0.05, 0.1) is 0 Å². The van der Waals surface area contributed by atoms with Crippen molar-refractivity contribution in [3.8, 4) is 0 Å². The topological polar surface area (TPSA) is 33.0 Å². The number of carbonyl (C=O) groups is 1. The molecule has 23 heavy (non-hydrogen) atoms. The maximum absolute atomic E-state index is 12.1. The molecule has 1 heterocycles. The van der Waals surface area contributed by atoms with Crippen molar-refractivity contribution in [3.05, 3.63) is 66.0 Å². The molecular weight excluding hydrogens is 305 g/mol. The minimum Gasteiger partial charge on any atom is -0.341 e. The lowest BCUT2D eigenvalue weighted by molar-refractivity contribution is -0.706. The van der Waals surface area contributed by atoms with Gasteiger partial charge in [-0.25, -0.2) is 0 Å². The Morgan fingerprint density at radius 2 is 1.65 bits per heavy atom. The lowest BCUT2D eigenvalue weighted by Gasteiger charge is -2.11. The smallest absolute Gasteiger partial charge is 0.341 e. The quantitative estimate of drug-likeness (QED) is 0.843. The molecule has 122 valence electrons. The molecule has 0 radical (unpaired) electrons. The molecule has 0 aliphatic carbocycles. The molecule has 0 aliphatic rings. The first kappa shape index (κ1) is 17.0. The Kier molecular flexibility index (Phi) is 5.36. The Hall–Kier alpha value is -2.37. The molecule has 1 aromatic heterocycles. The third-order valence-corrected chi connectivity index (χ3v) is 3.46. The van der Waals surface area contributed by atoms with E-state index in [-0.39, 0.29) is 0 Å². The van der Waals surface area contributed by atoms with E-state index in [0.29, 0.717) is 0 Å². The van der Waals surface area contributed by atoms with E-state index in [0.717, 1.165) is 12.0 Å². The van der Waals surface area contributed by atoms with Gasteiger partial charge in [-0.15, -0.1) is 0 Å². The van der Waals surface area contributed by atoms with Crippen LogP contribution in [-0.4, -0.2) is 18.6 Å². The van der Waals surface area contributed by atoms with E-state index in [4.69, 9.17) is 0 Å². The molecule has 0 saturated carbocycles. The minimum atomic E-state index is -4.40. The largest absolute Gasteiger partial charge is 0.405 e. The van der Waals surface area contributed by atoms with Crippen LogP contribution < -0.4 is 9.88 Å². The summed E-state index contributed by atoms with van der Waals surface area (Å²) in [6, 6.07) is 12.9. The lowest BCUT2D eigenvalue weighted by Crippen LogP contribution is -2.48. The van der Waals surface area contributed by atoms with Gasteiger partial charge in [-0.1, -0.05) is 30.3 Å². The zero-order chi connectivity index (χ0) is 16.9. The van der Waals surface area contributed by atoms with Crippen molar-refractivity contribution in [1.82, 2.24) is 5.32 Å². The molecule has 2 rings (SSSR count). The summed E-state index contributed by atoms with van der Waals surface area (Å²) < 4.78 is 37.9. The number of hydrogen-bond donors (Lipinski definition) is 1. The number of aromatic nitrogens is 1. The highest BCUT2D eigenvalue weighted by Gasteiger charge is 2.30. The van der Waals surface area contributed by atoms with Crippen molar-refractivity contribution >= 4 is 5.91 Å². The fourth-order valence-electron chi connectivity index (χ4n) is 2.15. The normalized spacial score (nSPS) is 12.7. The van der Waals surface area contributed by atoms with Crippen molar-refractivity contribution in [2.24, 2.45) is 0 Å². The number of rotatable bonds is 5.